The summed E-state index contributed by atoms with van der Waals surface area (Å²) in [6, 6.07) is 14.5. The van der Waals surface area contributed by atoms with Crippen molar-refractivity contribution in [3.8, 4) is 5.75 Å². The van der Waals surface area contributed by atoms with E-state index in [1.54, 1.807) is 48.3 Å². The van der Waals surface area contributed by atoms with Crippen LogP contribution in [-0.2, 0) is 13.2 Å². The lowest BCUT2D eigenvalue weighted by atomic mass is 10.2. The Morgan fingerprint density at radius 3 is 2.48 bits per heavy atom. The molecule has 158 valence electrons. The first-order valence-electron chi connectivity index (χ1n) is 9.40. The number of anilines is 1. The fraction of sp³-hybridized carbons (Fsp3) is 0.136. The highest BCUT2D eigenvalue weighted by Gasteiger charge is 2.21. The molecule has 0 aliphatic carbocycles. The van der Waals surface area contributed by atoms with Crippen molar-refractivity contribution in [2.75, 3.05) is 5.32 Å². The number of nitrogens with one attached hydrogen (secondary N) is 1. The maximum Gasteiger partial charge on any atom is 0.278 e. The van der Waals surface area contributed by atoms with E-state index in [1.807, 2.05) is 24.3 Å². The molecule has 0 aliphatic heterocycles. The largest absolute Gasteiger partial charge is 0.489 e. The van der Waals surface area contributed by atoms with Gasteiger partial charge in [0.15, 0.2) is 5.69 Å². The van der Waals surface area contributed by atoms with Crippen LogP contribution in [0.25, 0.3) is 0 Å². The first kappa shape index (κ1) is 21.0. The molecule has 2 heterocycles. The maximum atomic E-state index is 12.8. The lowest BCUT2D eigenvalue weighted by molar-refractivity contribution is 0.101. The molecule has 0 fully saturated rings. The second-order valence-corrected chi connectivity index (χ2v) is 7.69. The molecule has 0 saturated carbocycles. The molecule has 2 aromatic carbocycles. The molecule has 0 bridgehead atoms. The molecule has 0 radical (unpaired) electrons. The highest BCUT2D eigenvalue weighted by molar-refractivity contribution is 6.30. The number of aromatic nitrogens is 3. The minimum atomic E-state index is -0.405. The van der Waals surface area contributed by atoms with Gasteiger partial charge in [0.25, 0.3) is 5.91 Å². The van der Waals surface area contributed by atoms with Gasteiger partial charge >= 0.3 is 0 Å². The van der Waals surface area contributed by atoms with Crippen LogP contribution in [0.4, 0.5) is 5.69 Å². The van der Waals surface area contributed by atoms with Gasteiger partial charge in [-0.2, -0.15) is 5.10 Å². The minimum Gasteiger partial charge on any atom is -0.489 e. The van der Waals surface area contributed by atoms with Gasteiger partial charge in [0.2, 0.25) is 0 Å². The molecule has 2 aromatic heterocycles. The highest BCUT2D eigenvalue weighted by atomic mass is 35.5. The van der Waals surface area contributed by atoms with Gasteiger partial charge in [0, 0.05) is 16.2 Å². The first-order valence-corrected chi connectivity index (χ1v) is 10.2. The lowest BCUT2D eigenvalue weighted by Crippen LogP contribution is -2.15. The quantitative estimate of drug-likeness (QED) is 0.404. The monoisotopic (exact) mass is 456 g/mol. The standard InChI is InChI=1S/C22H18Cl2N4O3/c1-14-20(13-30-19-8-6-17(24)7-9-19)21(27-31-14)22(29)26-18-10-25-28(12-18)11-15-2-4-16(23)5-3-15/h2-10,12H,11,13H2,1H3,(H,26,29). The van der Waals surface area contributed by atoms with Gasteiger partial charge in [-0.15, -0.1) is 0 Å². The number of rotatable bonds is 7. The number of carbonyl (C=O) groups is 1. The predicted molar refractivity (Wildman–Crippen MR) is 118 cm³/mol. The molecule has 0 spiro atoms. The molecule has 1 amide bonds. The Labute approximate surface area is 188 Å². The van der Waals surface area contributed by atoms with Gasteiger partial charge in [0.1, 0.15) is 18.1 Å². The van der Waals surface area contributed by atoms with E-state index in [1.165, 1.54) is 0 Å². The van der Waals surface area contributed by atoms with Crippen LogP contribution >= 0.6 is 23.2 Å². The van der Waals surface area contributed by atoms with Gasteiger partial charge in [0.05, 0.1) is 24.0 Å². The summed E-state index contributed by atoms with van der Waals surface area (Å²) in [6.45, 7) is 2.42. The summed E-state index contributed by atoms with van der Waals surface area (Å²) in [4.78, 5) is 12.8. The highest BCUT2D eigenvalue weighted by Crippen LogP contribution is 2.21. The third-order valence-corrected chi connectivity index (χ3v) is 5.05. The van der Waals surface area contributed by atoms with Crippen LogP contribution in [0.15, 0.2) is 65.4 Å². The van der Waals surface area contributed by atoms with E-state index in [0.29, 0.717) is 39.4 Å². The summed E-state index contributed by atoms with van der Waals surface area (Å²) >= 11 is 11.8. The van der Waals surface area contributed by atoms with Crippen molar-refractivity contribution in [1.29, 1.82) is 0 Å². The zero-order valence-corrected chi connectivity index (χ0v) is 18.0. The number of nitrogens with zero attached hydrogens (tertiary/aromatic N) is 3. The van der Waals surface area contributed by atoms with Crippen molar-refractivity contribution in [1.82, 2.24) is 14.9 Å². The first-order chi connectivity index (χ1) is 15.0. The third-order valence-electron chi connectivity index (χ3n) is 4.55. The van der Waals surface area contributed by atoms with Crippen molar-refractivity contribution >= 4 is 34.8 Å². The zero-order valence-electron chi connectivity index (χ0n) is 16.5. The summed E-state index contributed by atoms with van der Waals surface area (Å²) in [5.74, 6) is 0.731. The SMILES string of the molecule is Cc1onc(C(=O)Nc2cnn(Cc3ccc(Cl)cc3)c2)c1COc1ccc(Cl)cc1. The number of ether oxygens (including phenoxy) is 1. The van der Waals surface area contributed by atoms with E-state index < -0.39 is 5.91 Å². The summed E-state index contributed by atoms with van der Waals surface area (Å²) in [5.41, 5.74) is 2.32. The molecular formula is C22H18Cl2N4O3. The van der Waals surface area contributed by atoms with E-state index in [0.717, 1.165) is 5.56 Å². The number of aryl methyl sites for hydroxylation is 1. The predicted octanol–water partition coefficient (Wildman–Crippen LogP) is 5.37. The van der Waals surface area contributed by atoms with Gasteiger partial charge < -0.3 is 14.6 Å². The summed E-state index contributed by atoms with van der Waals surface area (Å²) in [6.07, 6.45) is 3.31. The number of hydrogen-bond donors (Lipinski definition) is 1. The van der Waals surface area contributed by atoms with Crippen LogP contribution in [0.5, 0.6) is 5.75 Å². The van der Waals surface area contributed by atoms with Crippen molar-refractivity contribution in [3.63, 3.8) is 0 Å². The van der Waals surface area contributed by atoms with Crippen LogP contribution in [0.2, 0.25) is 10.0 Å². The van der Waals surface area contributed by atoms with Crippen molar-refractivity contribution in [3.05, 3.63) is 93.6 Å². The number of carbonyl (C=O) groups excluding carboxylic acids is 1. The number of hydrogen-bond acceptors (Lipinski definition) is 5. The second kappa shape index (κ2) is 9.24. The van der Waals surface area contributed by atoms with E-state index >= 15 is 0 Å². The van der Waals surface area contributed by atoms with Crippen molar-refractivity contribution in [2.24, 2.45) is 0 Å². The fourth-order valence-corrected chi connectivity index (χ4v) is 3.16. The average molecular weight is 457 g/mol. The molecule has 7 nitrogen and oxygen atoms in total. The summed E-state index contributed by atoms with van der Waals surface area (Å²) < 4.78 is 12.7. The van der Waals surface area contributed by atoms with Gasteiger partial charge in [-0.1, -0.05) is 40.5 Å². The molecule has 31 heavy (non-hydrogen) atoms. The average Bonchev–Trinajstić information content (AvgIpc) is 3.35. The van der Waals surface area contributed by atoms with Gasteiger partial charge in [-0.05, 0) is 48.9 Å². The van der Waals surface area contributed by atoms with E-state index in [4.69, 9.17) is 32.5 Å². The van der Waals surface area contributed by atoms with Gasteiger partial charge in [-0.3, -0.25) is 9.48 Å². The Morgan fingerprint density at radius 1 is 1.10 bits per heavy atom. The van der Waals surface area contributed by atoms with E-state index in [2.05, 4.69) is 15.6 Å². The maximum absolute atomic E-state index is 12.8. The Balaban J connectivity index is 1.41. The summed E-state index contributed by atoms with van der Waals surface area (Å²) in [5, 5.41) is 12.3. The van der Waals surface area contributed by atoms with Crippen LogP contribution in [0.1, 0.15) is 27.4 Å². The van der Waals surface area contributed by atoms with E-state index in [-0.39, 0.29) is 12.3 Å². The Hall–Kier alpha value is -3.29. The van der Waals surface area contributed by atoms with Crippen LogP contribution in [0.3, 0.4) is 0 Å². The zero-order chi connectivity index (χ0) is 21.8. The molecule has 0 aliphatic rings. The fourth-order valence-electron chi connectivity index (χ4n) is 2.91. The number of benzene rings is 2. The topological polar surface area (TPSA) is 82.2 Å². The van der Waals surface area contributed by atoms with Crippen molar-refractivity contribution < 1.29 is 14.1 Å². The second-order valence-electron chi connectivity index (χ2n) is 6.82. The van der Waals surface area contributed by atoms with Crippen LogP contribution in [0, 0.1) is 6.92 Å². The molecule has 4 rings (SSSR count). The van der Waals surface area contributed by atoms with Crippen LogP contribution in [-0.4, -0.2) is 20.8 Å². The minimum absolute atomic E-state index is 0.134. The molecule has 4 aromatic rings. The smallest absolute Gasteiger partial charge is 0.278 e. The summed E-state index contributed by atoms with van der Waals surface area (Å²) in [7, 11) is 0. The Kier molecular flexibility index (Phi) is 6.25. The van der Waals surface area contributed by atoms with Crippen LogP contribution < -0.4 is 10.1 Å². The Morgan fingerprint density at radius 2 is 1.77 bits per heavy atom. The molecular weight excluding hydrogens is 439 g/mol. The number of halogens is 2. The number of amides is 1. The van der Waals surface area contributed by atoms with E-state index in [9.17, 15) is 4.79 Å². The lowest BCUT2D eigenvalue weighted by Gasteiger charge is -2.07. The van der Waals surface area contributed by atoms with Gasteiger partial charge in [-0.25, -0.2) is 0 Å². The third kappa shape index (κ3) is 5.25. The normalized spacial score (nSPS) is 10.8. The molecule has 0 atom stereocenters. The Bertz CT molecular complexity index is 1180. The molecule has 0 saturated heterocycles. The molecule has 1 N–H and O–H groups in total. The molecule has 9 heteroatoms. The van der Waals surface area contributed by atoms with Crippen molar-refractivity contribution in [2.45, 2.75) is 20.1 Å². The molecule has 0 unspecified atom stereocenters.